The van der Waals surface area contributed by atoms with Crippen LogP contribution in [0.25, 0.3) is 10.8 Å². The van der Waals surface area contributed by atoms with E-state index in [1.54, 1.807) is 0 Å². The van der Waals surface area contributed by atoms with Crippen molar-refractivity contribution in [1.29, 1.82) is 0 Å². The Morgan fingerprint density at radius 2 is 2.00 bits per heavy atom. The van der Waals surface area contributed by atoms with Crippen LogP contribution in [-0.2, 0) is 4.74 Å². The summed E-state index contributed by atoms with van der Waals surface area (Å²) in [5.74, 6) is 0.691. The molecule has 1 aliphatic heterocycles. The first-order valence-corrected chi connectivity index (χ1v) is 7.08. The SMILES string of the molecule is CC(C)(C)C[C@@H]1COC(c2nccc3ccccc23)=N1. The van der Waals surface area contributed by atoms with Crippen LogP contribution in [0.2, 0.25) is 0 Å². The second-order valence-electron chi connectivity index (χ2n) is 6.54. The number of hydrogen-bond acceptors (Lipinski definition) is 3. The summed E-state index contributed by atoms with van der Waals surface area (Å²) in [5.41, 5.74) is 1.12. The molecule has 1 atom stereocenters. The highest BCUT2D eigenvalue weighted by Crippen LogP contribution is 2.27. The van der Waals surface area contributed by atoms with Crippen molar-refractivity contribution in [3.05, 3.63) is 42.2 Å². The van der Waals surface area contributed by atoms with Crippen LogP contribution in [0.1, 0.15) is 32.9 Å². The molecule has 0 fully saturated rings. The topological polar surface area (TPSA) is 34.5 Å². The molecular weight excluding hydrogens is 248 g/mol. The average molecular weight is 268 g/mol. The Morgan fingerprint density at radius 3 is 2.80 bits per heavy atom. The largest absolute Gasteiger partial charge is 0.474 e. The maximum Gasteiger partial charge on any atom is 0.236 e. The minimum Gasteiger partial charge on any atom is -0.474 e. The minimum atomic E-state index is 0.241. The third-order valence-corrected chi connectivity index (χ3v) is 3.44. The summed E-state index contributed by atoms with van der Waals surface area (Å²) in [4.78, 5) is 9.19. The monoisotopic (exact) mass is 268 g/mol. The molecule has 0 saturated heterocycles. The summed E-state index contributed by atoms with van der Waals surface area (Å²) in [6.07, 6.45) is 2.85. The predicted octanol–water partition coefficient (Wildman–Crippen LogP) is 3.82. The molecule has 0 radical (unpaired) electrons. The zero-order valence-electron chi connectivity index (χ0n) is 12.3. The highest BCUT2D eigenvalue weighted by molar-refractivity contribution is 6.05. The maximum atomic E-state index is 5.79. The average Bonchev–Trinajstić information content (AvgIpc) is 2.84. The highest BCUT2D eigenvalue weighted by Gasteiger charge is 2.26. The van der Waals surface area contributed by atoms with Crippen LogP contribution in [0.5, 0.6) is 0 Å². The van der Waals surface area contributed by atoms with E-state index >= 15 is 0 Å². The number of rotatable bonds is 2. The van der Waals surface area contributed by atoms with Gasteiger partial charge in [-0.2, -0.15) is 0 Å². The Morgan fingerprint density at radius 1 is 1.20 bits per heavy atom. The molecule has 0 aliphatic carbocycles. The van der Waals surface area contributed by atoms with Crippen molar-refractivity contribution in [3.63, 3.8) is 0 Å². The van der Waals surface area contributed by atoms with E-state index in [1.807, 2.05) is 24.4 Å². The predicted molar refractivity (Wildman–Crippen MR) is 82.1 cm³/mol. The zero-order valence-corrected chi connectivity index (χ0v) is 12.3. The Labute approximate surface area is 119 Å². The number of fused-ring (bicyclic) bond motifs is 1. The fraction of sp³-hybridized carbons (Fsp3) is 0.412. The van der Waals surface area contributed by atoms with Gasteiger partial charge in [0.25, 0.3) is 0 Å². The summed E-state index contributed by atoms with van der Waals surface area (Å²) in [6, 6.07) is 10.5. The van der Waals surface area contributed by atoms with Crippen LogP contribution in [0.4, 0.5) is 0 Å². The van der Waals surface area contributed by atoms with Crippen LogP contribution in [-0.4, -0.2) is 23.5 Å². The molecule has 3 rings (SSSR count). The van der Waals surface area contributed by atoms with E-state index in [0.717, 1.165) is 17.5 Å². The number of pyridine rings is 1. The Bertz CT molecular complexity index is 650. The number of aliphatic imine (C=N–C) groups is 1. The molecule has 104 valence electrons. The Kier molecular flexibility index (Phi) is 3.20. The van der Waals surface area contributed by atoms with E-state index in [-0.39, 0.29) is 11.5 Å². The van der Waals surface area contributed by atoms with Gasteiger partial charge < -0.3 is 4.74 Å². The van der Waals surface area contributed by atoms with Gasteiger partial charge in [-0.1, -0.05) is 45.0 Å². The van der Waals surface area contributed by atoms with Crippen molar-refractivity contribution in [2.24, 2.45) is 10.4 Å². The van der Waals surface area contributed by atoms with Gasteiger partial charge >= 0.3 is 0 Å². The molecule has 3 nitrogen and oxygen atoms in total. The lowest BCUT2D eigenvalue weighted by Gasteiger charge is -2.19. The summed E-state index contributed by atoms with van der Waals surface area (Å²) in [6.45, 7) is 7.36. The number of aromatic nitrogens is 1. The first-order chi connectivity index (χ1) is 9.53. The number of ether oxygens (including phenoxy) is 1. The van der Waals surface area contributed by atoms with E-state index in [2.05, 4.69) is 37.9 Å². The molecule has 0 amide bonds. The first kappa shape index (κ1) is 13.1. The molecule has 20 heavy (non-hydrogen) atoms. The van der Waals surface area contributed by atoms with E-state index in [9.17, 15) is 0 Å². The summed E-state index contributed by atoms with van der Waals surface area (Å²) >= 11 is 0. The van der Waals surface area contributed by atoms with Crippen LogP contribution >= 0.6 is 0 Å². The second-order valence-corrected chi connectivity index (χ2v) is 6.54. The van der Waals surface area contributed by atoms with Crippen molar-refractivity contribution >= 4 is 16.7 Å². The van der Waals surface area contributed by atoms with Crippen molar-refractivity contribution in [3.8, 4) is 0 Å². The smallest absolute Gasteiger partial charge is 0.236 e. The van der Waals surface area contributed by atoms with Gasteiger partial charge in [0, 0.05) is 11.6 Å². The van der Waals surface area contributed by atoms with Gasteiger partial charge in [0.15, 0.2) is 0 Å². The fourth-order valence-electron chi connectivity index (χ4n) is 2.65. The van der Waals surface area contributed by atoms with E-state index in [4.69, 9.17) is 9.73 Å². The molecule has 2 aromatic rings. The maximum absolute atomic E-state index is 5.79. The van der Waals surface area contributed by atoms with Gasteiger partial charge in [-0.25, -0.2) is 4.99 Å². The molecule has 0 unspecified atom stereocenters. The molecule has 0 saturated carbocycles. The van der Waals surface area contributed by atoms with Crippen molar-refractivity contribution in [2.45, 2.75) is 33.2 Å². The molecule has 2 heterocycles. The fourth-order valence-corrected chi connectivity index (χ4v) is 2.65. The van der Waals surface area contributed by atoms with Crippen molar-refractivity contribution in [1.82, 2.24) is 4.98 Å². The minimum absolute atomic E-state index is 0.241. The summed E-state index contributed by atoms with van der Waals surface area (Å²) in [7, 11) is 0. The number of benzene rings is 1. The van der Waals surface area contributed by atoms with Crippen molar-refractivity contribution in [2.75, 3.05) is 6.61 Å². The lowest BCUT2D eigenvalue weighted by molar-refractivity contribution is 0.267. The summed E-state index contributed by atoms with van der Waals surface area (Å²) < 4.78 is 5.79. The second kappa shape index (κ2) is 4.89. The molecule has 1 aromatic carbocycles. The molecule has 0 spiro atoms. The van der Waals surface area contributed by atoms with Crippen LogP contribution in [0.3, 0.4) is 0 Å². The number of hydrogen-bond donors (Lipinski definition) is 0. The lowest BCUT2D eigenvalue weighted by atomic mass is 9.89. The highest BCUT2D eigenvalue weighted by atomic mass is 16.5. The van der Waals surface area contributed by atoms with Crippen LogP contribution in [0, 0.1) is 5.41 Å². The third-order valence-electron chi connectivity index (χ3n) is 3.44. The van der Waals surface area contributed by atoms with Gasteiger partial charge in [-0.15, -0.1) is 0 Å². The van der Waals surface area contributed by atoms with Gasteiger partial charge in [0.2, 0.25) is 5.90 Å². The van der Waals surface area contributed by atoms with Gasteiger partial charge in [0.05, 0.1) is 6.04 Å². The normalized spacial score (nSPS) is 18.9. The summed E-state index contributed by atoms with van der Waals surface area (Å²) in [5, 5.41) is 2.27. The molecule has 0 bridgehead atoms. The van der Waals surface area contributed by atoms with E-state index < -0.39 is 0 Å². The molecule has 1 aliphatic rings. The Balaban J connectivity index is 1.94. The van der Waals surface area contributed by atoms with Crippen molar-refractivity contribution < 1.29 is 4.74 Å². The lowest BCUT2D eigenvalue weighted by Crippen LogP contribution is -2.17. The van der Waals surface area contributed by atoms with Gasteiger partial charge in [-0.05, 0) is 23.3 Å². The zero-order chi connectivity index (χ0) is 14.2. The first-order valence-electron chi connectivity index (χ1n) is 7.08. The number of nitrogens with zero attached hydrogens (tertiary/aromatic N) is 2. The molecule has 1 aromatic heterocycles. The quantitative estimate of drug-likeness (QED) is 0.830. The van der Waals surface area contributed by atoms with Crippen LogP contribution in [0.15, 0.2) is 41.5 Å². The van der Waals surface area contributed by atoms with Gasteiger partial charge in [0.1, 0.15) is 12.3 Å². The van der Waals surface area contributed by atoms with Crippen LogP contribution < -0.4 is 0 Å². The molecule has 3 heteroatoms. The van der Waals surface area contributed by atoms with Gasteiger partial charge in [-0.3, -0.25) is 4.98 Å². The Hall–Kier alpha value is -1.90. The third kappa shape index (κ3) is 2.67. The molecule has 0 N–H and O–H groups in total. The standard InChI is InChI=1S/C17H20N2O/c1-17(2,3)10-13-11-20-16(19-13)15-14-7-5-4-6-12(14)8-9-18-15/h4-9,13H,10-11H2,1-3H3/t13-/m1/s1. The van der Waals surface area contributed by atoms with E-state index in [1.165, 1.54) is 5.39 Å². The van der Waals surface area contributed by atoms with E-state index in [0.29, 0.717) is 12.5 Å². The molecular formula is C17H20N2O.